The van der Waals surface area contributed by atoms with E-state index < -0.39 is 5.97 Å². The van der Waals surface area contributed by atoms with Crippen LogP contribution in [0, 0.1) is 0 Å². The third-order valence-electron chi connectivity index (χ3n) is 3.16. The van der Waals surface area contributed by atoms with Gasteiger partial charge in [-0.2, -0.15) is 0 Å². The second-order valence-electron chi connectivity index (χ2n) is 4.53. The summed E-state index contributed by atoms with van der Waals surface area (Å²) in [5, 5.41) is 0. The number of carbonyl (C=O) groups excluding carboxylic acids is 1. The number of ether oxygens (including phenoxy) is 4. The van der Waals surface area contributed by atoms with Gasteiger partial charge in [0.2, 0.25) is 0 Å². The summed E-state index contributed by atoms with van der Waals surface area (Å²) in [6.45, 7) is 0. The number of carbonyl (C=O) groups is 1. The molecule has 0 radical (unpaired) electrons. The summed E-state index contributed by atoms with van der Waals surface area (Å²) in [5.41, 5.74) is 1.27. The lowest BCUT2D eigenvalue weighted by Gasteiger charge is -2.11. The van der Waals surface area contributed by atoms with E-state index >= 15 is 0 Å². The molecule has 0 N–H and O–H groups in total. The highest BCUT2D eigenvalue weighted by Gasteiger charge is 2.11. The molecular formula is C18H18O5. The van der Waals surface area contributed by atoms with Crippen LogP contribution in [-0.4, -0.2) is 27.3 Å². The van der Waals surface area contributed by atoms with Gasteiger partial charge in [-0.05, 0) is 18.2 Å². The van der Waals surface area contributed by atoms with Gasteiger partial charge in [0.15, 0.2) is 17.3 Å². The normalized spacial score (nSPS) is 10.8. The molecular weight excluding hydrogens is 296 g/mol. The molecule has 0 bridgehead atoms. The number of benzene rings is 2. The Balaban J connectivity index is 2.25. The zero-order valence-electron chi connectivity index (χ0n) is 13.2. The average molecular weight is 314 g/mol. The molecule has 0 aliphatic carbocycles. The number of hydrogen-bond acceptors (Lipinski definition) is 5. The van der Waals surface area contributed by atoms with Crippen LogP contribution in [0.5, 0.6) is 11.5 Å². The SMILES string of the molecule is COC(=O)c1ccc(OC=C(OC)c2ccccc2)c(OC)c1. The summed E-state index contributed by atoms with van der Waals surface area (Å²) in [6.07, 6.45) is 1.49. The van der Waals surface area contributed by atoms with Gasteiger partial charge in [0, 0.05) is 5.56 Å². The van der Waals surface area contributed by atoms with Crippen LogP contribution in [0.1, 0.15) is 15.9 Å². The van der Waals surface area contributed by atoms with Gasteiger partial charge in [0.1, 0.15) is 6.26 Å². The van der Waals surface area contributed by atoms with Crippen molar-refractivity contribution in [1.82, 2.24) is 0 Å². The molecule has 0 atom stereocenters. The highest BCUT2D eigenvalue weighted by Crippen LogP contribution is 2.29. The number of rotatable bonds is 6. The molecule has 5 heteroatoms. The highest BCUT2D eigenvalue weighted by atomic mass is 16.5. The molecule has 2 rings (SSSR count). The van der Waals surface area contributed by atoms with Crippen molar-refractivity contribution in [2.24, 2.45) is 0 Å². The Morgan fingerprint density at radius 1 is 0.870 bits per heavy atom. The third-order valence-corrected chi connectivity index (χ3v) is 3.16. The van der Waals surface area contributed by atoms with Gasteiger partial charge in [-0.3, -0.25) is 0 Å². The van der Waals surface area contributed by atoms with Gasteiger partial charge in [0.05, 0.1) is 26.9 Å². The molecule has 0 aliphatic heterocycles. The largest absolute Gasteiger partial charge is 0.493 e. The van der Waals surface area contributed by atoms with Crippen molar-refractivity contribution in [3.05, 3.63) is 65.9 Å². The quantitative estimate of drug-likeness (QED) is 0.603. The molecule has 2 aromatic rings. The van der Waals surface area contributed by atoms with Crippen LogP contribution in [0.3, 0.4) is 0 Å². The Labute approximate surface area is 135 Å². The number of esters is 1. The fraction of sp³-hybridized carbons (Fsp3) is 0.167. The molecule has 23 heavy (non-hydrogen) atoms. The lowest BCUT2D eigenvalue weighted by atomic mass is 10.2. The highest BCUT2D eigenvalue weighted by molar-refractivity contribution is 5.90. The predicted octanol–water partition coefficient (Wildman–Crippen LogP) is 3.51. The molecule has 0 aliphatic rings. The van der Waals surface area contributed by atoms with Gasteiger partial charge < -0.3 is 18.9 Å². The molecule has 5 nitrogen and oxygen atoms in total. The predicted molar refractivity (Wildman–Crippen MR) is 86.4 cm³/mol. The van der Waals surface area contributed by atoms with Gasteiger partial charge in [-0.25, -0.2) is 4.79 Å². The van der Waals surface area contributed by atoms with E-state index in [2.05, 4.69) is 4.74 Å². The van der Waals surface area contributed by atoms with E-state index in [1.165, 1.54) is 20.5 Å². The Hall–Kier alpha value is -2.95. The molecule has 0 aromatic heterocycles. The first-order valence-corrected chi connectivity index (χ1v) is 6.92. The Morgan fingerprint density at radius 2 is 1.61 bits per heavy atom. The van der Waals surface area contributed by atoms with Crippen molar-refractivity contribution in [2.75, 3.05) is 21.3 Å². The van der Waals surface area contributed by atoms with Crippen molar-refractivity contribution in [3.63, 3.8) is 0 Å². The van der Waals surface area contributed by atoms with Gasteiger partial charge >= 0.3 is 5.97 Å². The smallest absolute Gasteiger partial charge is 0.337 e. The van der Waals surface area contributed by atoms with E-state index in [4.69, 9.17) is 14.2 Å². The molecule has 0 unspecified atom stereocenters. The van der Waals surface area contributed by atoms with E-state index in [1.54, 1.807) is 25.3 Å². The van der Waals surface area contributed by atoms with Crippen LogP contribution in [0.4, 0.5) is 0 Å². The van der Waals surface area contributed by atoms with Crippen LogP contribution >= 0.6 is 0 Å². The Kier molecular flexibility index (Phi) is 5.63. The lowest BCUT2D eigenvalue weighted by molar-refractivity contribution is 0.0600. The lowest BCUT2D eigenvalue weighted by Crippen LogP contribution is -2.02. The van der Waals surface area contributed by atoms with Crippen LogP contribution in [0.25, 0.3) is 5.76 Å². The zero-order chi connectivity index (χ0) is 16.7. The standard InChI is InChI=1S/C18H18O5/c1-20-16-11-14(18(19)22-3)9-10-15(16)23-12-17(21-2)13-7-5-4-6-8-13/h4-12H,1-3H3. The van der Waals surface area contributed by atoms with E-state index in [0.29, 0.717) is 22.8 Å². The molecule has 0 spiro atoms. The first-order chi connectivity index (χ1) is 11.2. The molecule has 0 saturated carbocycles. The minimum absolute atomic E-state index is 0.385. The van der Waals surface area contributed by atoms with Crippen molar-refractivity contribution in [1.29, 1.82) is 0 Å². The minimum Gasteiger partial charge on any atom is -0.493 e. The summed E-state index contributed by atoms with van der Waals surface area (Å²) in [4.78, 5) is 11.5. The molecule has 2 aromatic carbocycles. The molecule has 0 fully saturated rings. The third kappa shape index (κ3) is 4.03. The van der Waals surface area contributed by atoms with Crippen LogP contribution in [-0.2, 0) is 9.47 Å². The van der Waals surface area contributed by atoms with E-state index in [0.717, 1.165) is 5.56 Å². The fourth-order valence-corrected chi connectivity index (χ4v) is 1.96. The Morgan fingerprint density at radius 3 is 2.22 bits per heavy atom. The van der Waals surface area contributed by atoms with E-state index in [9.17, 15) is 4.79 Å². The maximum Gasteiger partial charge on any atom is 0.337 e. The first kappa shape index (κ1) is 16.4. The van der Waals surface area contributed by atoms with Gasteiger partial charge in [-0.15, -0.1) is 0 Å². The van der Waals surface area contributed by atoms with Crippen molar-refractivity contribution < 1.29 is 23.7 Å². The maximum absolute atomic E-state index is 11.5. The fourth-order valence-electron chi connectivity index (χ4n) is 1.96. The van der Waals surface area contributed by atoms with Crippen LogP contribution in [0.2, 0.25) is 0 Å². The van der Waals surface area contributed by atoms with Crippen molar-refractivity contribution in [2.45, 2.75) is 0 Å². The molecule has 0 saturated heterocycles. The summed E-state index contributed by atoms with van der Waals surface area (Å²) in [7, 11) is 4.40. The van der Waals surface area contributed by atoms with Crippen LogP contribution < -0.4 is 9.47 Å². The molecule has 0 amide bonds. The van der Waals surface area contributed by atoms with Gasteiger partial charge in [0.25, 0.3) is 0 Å². The van der Waals surface area contributed by atoms with Crippen LogP contribution in [0.15, 0.2) is 54.8 Å². The summed E-state index contributed by atoms with van der Waals surface area (Å²) in [6, 6.07) is 14.4. The monoisotopic (exact) mass is 314 g/mol. The Bertz CT molecular complexity index is 692. The number of methoxy groups -OCH3 is 3. The topological polar surface area (TPSA) is 54.0 Å². The number of hydrogen-bond donors (Lipinski definition) is 0. The van der Waals surface area contributed by atoms with Gasteiger partial charge in [-0.1, -0.05) is 30.3 Å². The van der Waals surface area contributed by atoms with E-state index in [-0.39, 0.29) is 0 Å². The van der Waals surface area contributed by atoms with E-state index in [1.807, 2.05) is 30.3 Å². The summed E-state index contributed by atoms with van der Waals surface area (Å²) >= 11 is 0. The second-order valence-corrected chi connectivity index (χ2v) is 4.53. The minimum atomic E-state index is -0.438. The first-order valence-electron chi connectivity index (χ1n) is 6.92. The summed E-state index contributed by atoms with van der Waals surface area (Å²) in [5.74, 6) is 1.02. The second kappa shape index (κ2) is 7.89. The molecule has 120 valence electrons. The van der Waals surface area contributed by atoms with Crippen molar-refractivity contribution >= 4 is 11.7 Å². The maximum atomic E-state index is 11.5. The zero-order valence-corrected chi connectivity index (χ0v) is 13.2. The summed E-state index contributed by atoms with van der Waals surface area (Å²) < 4.78 is 20.9. The average Bonchev–Trinajstić information content (AvgIpc) is 2.62. The molecule has 0 heterocycles. The van der Waals surface area contributed by atoms with Crippen molar-refractivity contribution in [3.8, 4) is 11.5 Å².